The summed E-state index contributed by atoms with van der Waals surface area (Å²) in [4.78, 5) is 19.8. The fourth-order valence-electron chi connectivity index (χ4n) is 2.53. The van der Waals surface area contributed by atoms with E-state index in [2.05, 4.69) is 20.0 Å². The highest BCUT2D eigenvalue weighted by molar-refractivity contribution is 6.32. The summed E-state index contributed by atoms with van der Waals surface area (Å²) in [5.41, 5.74) is 7.27. The molecular weight excluding hydrogens is 412 g/mol. The zero-order valence-electron chi connectivity index (χ0n) is 16.4. The van der Waals surface area contributed by atoms with Gasteiger partial charge in [0.05, 0.1) is 37.6 Å². The van der Waals surface area contributed by atoms with Gasteiger partial charge in [-0.05, 0) is 30.3 Å². The number of hydrogen-bond donors (Lipinski definition) is 2. The zero-order valence-corrected chi connectivity index (χ0v) is 17.2. The summed E-state index contributed by atoms with van der Waals surface area (Å²) in [6, 6.07) is 9.62. The number of rotatable bonds is 7. The van der Waals surface area contributed by atoms with Crippen molar-refractivity contribution in [1.29, 1.82) is 0 Å². The third-order valence-corrected chi connectivity index (χ3v) is 4.36. The number of carbonyl (C=O) groups excluding carboxylic acids is 1. The SMILES string of the molecule is COC(=O)c1ccc(Oc2ncnc(Nc3cc(Cl)c(OC)cc3OC)c2N)cc1. The summed E-state index contributed by atoms with van der Waals surface area (Å²) >= 11 is 6.21. The lowest BCUT2D eigenvalue weighted by atomic mass is 10.2. The molecule has 0 saturated carbocycles. The van der Waals surface area contributed by atoms with E-state index in [0.29, 0.717) is 39.3 Å². The number of halogens is 1. The van der Waals surface area contributed by atoms with Crippen molar-refractivity contribution in [3.63, 3.8) is 0 Å². The molecule has 0 unspecified atom stereocenters. The average Bonchev–Trinajstić information content (AvgIpc) is 2.76. The zero-order chi connectivity index (χ0) is 21.7. The number of anilines is 3. The predicted octanol–water partition coefficient (Wildman–Crippen LogP) is 4.05. The van der Waals surface area contributed by atoms with E-state index in [1.54, 1.807) is 36.4 Å². The lowest BCUT2D eigenvalue weighted by Gasteiger charge is -2.15. The molecule has 10 heteroatoms. The van der Waals surface area contributed by atoms with Crippen LogP contribution in [-0.4, -0.2) is 37.3 Å². The van der Waals surface area contributed by atoms with Crippen LogP contribution in [0.5, 0.6) is 23.1 Å². The van der Waals surface area contributed by atoms with E-state index in [1.807, 2.05) is 0 Å². The third-order valence-electron chi connectivity index (χ3n) is 4.06. The topological polar surface area (TPSA) is 118 Å². The summed E-state index contributed by atoms with van der Waals surface area (Å²) in [6.45, 7) is 0. The van der Waals surface area contributed by atoms with Crippen molar-refractivity contribution in [3.8, 4) is 23.1 Å². The summed E-state index contributed by atoms with van der Waals surface area (Å²) in [7, 11) is 4.34. The normalized spacial score (nSPS) is 10.3. The average molecular weight is 431 g/mol. The molecule has 30 heavy (non-hydrogen) atoms. The van der Waals surface area contributed by atoms with E-state index < -0.39 is 5.97 Å². The molecule has 3 aromatic rings. The van der Waals surface area contributed by atoms with Crippen LogP contribution in [0.15, 0.2) is 42.7 Å². The maximum Gasteiger partial charge on any atom is 0.337 e. The van der Waals surface area contributed by atoms with E-state index in [9.17, 15) is 4.79 Å². The van der Waals surface area contributed by atoms with Crippen molar-refractivity contribution in [2.24, 2.45) is 0 Å². The summed E-state index contributed by atoms with van der Waals surface area (Å²) in [6.07, 6.45) is 1.30. The minimum Gasteiger partial charge on any atom is -0.495 e. The lowest BCUT2D eigenvalue weighted by Crippen LogP contribution is -2.04. The summed E-state index contributed by atoms with van der Waals surface area (Å²) in [5.74, 6) is 1.37. The van der Waals surface area contributed by atoms with Crippen LogP contribution in [0, 0.1) is 0 Å². The summed E-state index contributed by atoms with van der Waals surface area (Å²) in [5, 5.41) is 3.44. The van der Waals surface area contributed by atoms with Crippen molar-refractivity contribution in [1.82, 2.24) is 9.97 Å². The standard InChI is InChI=1S/C20H19ClN4O5/c1-27-15-9-16(28-2)14(8-13(15)21)25-18-17(22)19(24-10-23-18)30-12-6-4-11(5-7-12)20(26)29-3/h4-10H,22H2,1-3H3,(H,23,24,25). The Kier molecular flexibility index (Phi) is 6.43. The van der Waals surface area contributed by atoms with Gasteiger partial charge in [-0.2, -0.15) is 4.98 Å². The van der Waals surface area contributed by atoms with E-state index >= 15 is 0 Å². The van der Waals surface area contributed by atoms with Gasteiger partial charge in [0, 0.05) is 6.07 Å². The van der Waals surface area contributed by atoms with Gasteiger partial charge in [-0.15, -0.1) is 0 Å². The van der Waals surface area contributed by atoms with Gasteiger partial charge < -0.3 is 30.0 Å². The maximum atomic E-state index is 11.5. The number of hydrogen-bond acceptors (Lipinski definition) is 9. The molecule has 3 N–H and O–H groups in total. The molecule has 0 aliphatic heterocycles. The fraction of sp³-hybridized carbons (Fsp3) is 0.150. The van der Waals surface area contributed by atoms with Crippen molar-refractivity contribution in [3.05, 3.63) is 53.3 Å². The first-order valence-corrected chi connectivity index (χ1v) is 8.99. The lowest BCUT2D eigenvalue weighted by molar-refractivity contribution is 0.0600. The van der Waals surface area contributed by atoms with Crippen LogP contribution in [0.1, 0.15) is 10.4 Å². The van der Waals surface area contributed by atoms with Crippen LogP contribution < -0.4 is 25.3 Å². The van der Waals surface area contributed by atoms with E-state index in [1.165, 1.54) is 27.7 Å². The number of esters is 1. The minimum atomic E-state index is -0.443. The Morgan fingerprint density at radius 2 is 1.73 bits per heavy atom. The second-order valence-corrected chi connectivity index (χ2v) is 6.28. The second-order valence-electron chi connectivity index (χ2n) is 5.87. The molecule has 0 fully saturated rings. The quantitative estimate of drug-likeness (QED) is 0.535. The van der Waals surface area contributed by atoms with Gasteiger partial charge in [0.15, 0.2) is 5.82 Å². The Morgan fingerprint density at radius 3 is 2.37 bits per heavy atom. The van der Waals surface area contributed by atoms with E-state index in [4.69, 9.17) is 31.5 Å². The molecule has 0 spiro atoms. The Balaban J connectivity index is 1.85. The van der Waals surface area contributed by atoms with Crippen molar-refractivity contribution in [2.75, 3.05) is 32.4 Å². The van der Waals surface area contributed by atoms with Crippen LogP contribution in [0.3, 0.4) is 0 Å². The number of ether oxygens (including phenoxy) is 4. The molecule has 156 valence electrons. The molecule has 3 rings (SSSR count). The predicted molar refractivity (Wildman–Crippen MR) is 112 cm³/mol. The highest BCUT2D eigenvalue weighted by Gasteiger charge is 2.15. The van der Waals surface area contributed by atoms with Gasteiger partial charge in [-0.3, -0.25) is 0 Å². The number of methoxy groups -OCH3 is 3. The number of carbonyl (C=O) groups is 1. The van der Waals surface area contributed by atoms with Gasteiger partial charge in [-0.1, -0.05) is 11.6 Å². The van der Waals surface area contributed by atoms with Gasteiger partial charge in [0.2, 0.25) is 5.88 Å². The molecule has 0 radical (unpaired) electrons. The van der Waals surface area contributed by atoms with Crippen LogP contribution in [0.2, 0.25) is 5.02 Å². The molecule has 9 nitrogen and oxygen atoms in total. The number of nitrogens with one attached hydrogen (secondary N) is 1. The minimum absolute atomic E-state index is 0.136. The Labute approximate surface area is 177 Å². The van der Waals surface area contributed by atoms with Crippen molar-refractivity contribution < 1.29 is 23.7 Å². The monoisotopic (exact) mass is 430 g/mol. The first-order chi connectivity index (χ1) is 14.5. The van der Waals surface area contributed by atoms with Crippen LogP contribution in [0.25, 0.3) is 0 Å². The van der Waals surface area contributed by atoms with Gasteiger partial charge in [0.1, 0.15) is 29.3 Å². The number of aromatic nitrogens is 2. The molecular formula is C20H19ClN4O5. The molecule has 1 heterocycles. The number of nitrogens with two attached hydrogens (primary N) is 1. The molecule has 0 atom stereocenters. The molecule has 1 aromatic heterocycles. The number of nitrogens with zero attached hydrogens (tertiary/aromatic N) is 2. The Hall–Kier alpha value is -3.72. The molecule has 0 amide bonds. The van der Waals surface area contributed by atoms with Crippen LogP contribution in [0.4, 0.5) is 17.2 Å². The smallest absolute Gasteiger partial charge is 0.337 e. The van der Waals surface area contributed by atoms with Crippen molar-refractivity contribution in [2.45, 2.75) is 0 Å². The van der Waals surface area contributed by atoms with Crippen molar-refractivity contribution >= 4 is 34.8 Å². The summed E-state index contributed by atoms with van der Waals surface area (Å²) < 4.78 is 21.0. The number of nitrogen functional groups attached to an aromatic ring is 1. The third kappa shape index (κ3) is 4.47. The molecule has 0 aliphatic carbocycles. The fourth-order valence-corrected chi connectivity index (χ4v) is 2.78. The van der Waals surface area contributed by atoms with E-state index in [-0.39, 0.29) is 11.6 Å². The van der Waals surface area contributed by atoms with Gasteiger partial charge in [0.25, 0.3) is 0 Å². The van der Waals surface area contributed by atoms with Crippen LogP contribution in [-0.2, 0) is 4.74 Å². The molecule has 0 aliphatic rings. The van der Waals surface area contributed by atoms with Gasteiger partial charge >= 0.3 is 5.97 Å². The highest BCUT2D eigenvalue weighted by atomic mass is 35.5. The molecule has 0 saturated heterocycles. The molecule has 0 bridgehead atoms. The number of benzene rings is 2. The highest BCUT2D eigenvalue weighted by Crippen LogP contribution is 2.39. The van der Waals surface area contributed by atoms with E-state index in [0.717, 1.165) is 0 Å². The second kappa shape index (κ2) is 9.19. The first kappa shape index (κ1) is 21.0. The maximum absolute atomic E-state index is 11.5. The largest absolute Gasteiger partial charge is 0.495 e. The van der Waals surface area contributed by atoms with Gasteiger partial charge in [-0.25, -0.2) is 9.78 Å². The Bertz CT molecular complexity index is 1060. The Morgan fingerprint density at radius 1 is 1.03 bits per heavy atom. The first-order valence-electron chi connectivity index (χ1n) is 8.62. The molecule has 2 aromatic carbocycles. The van der Waals surface area contributed by atoms with Crippen LogP contribution >= 0.6 is 11.6 Å².